The van der Waals surface area contributed by atoms with E-state index in [2.05, 4.69) is 17.0 Å². The highest BCUT2D eigenvalue weighted by Crippen LogP contribution is 2.26. The number of ether oxygens (including phenoxy) is 2. The summed E-state index contributed by atoms with van der Waals surface area (Å²) in [5, 5.41) is 10.4. The summed E-state index contributed by atoms with van der Waals surface area (Å²) >= 11 is 0. The molecule has 0 amide bonds. The topological polar surface area (TPSA) is 41.9 Å². The van der Waals surface area contributed by atoms with Crippen molar-refractivity contribution < 1.29 is 19.0 Å². The molecule has 1 saturated heterocycles. The molecule has 1 aliphatic heterocycles. The monoisotopic (exact) mass is 371 g/mol. The van der Waals surface area contributed by atoms with Gasteiger partial charge in [-0.2, -0.15) is 0 Å². The van der Waals surface area contributed by atoms with Crippen LogP contribution in [0.5, 0.6) is 5.75 Å². The molecule has 1 fully saturated rings. The van der Waals surface area contributed by atoms with Crippen molar-refractivity contribution >= 4 is 0 Å². The van der Waals surface area contributed by atoms with Crippen LogP contribution in [-0.4, -0.2) is 49.0 Å². The quantitative estimate of drug-likeness (QED) is 0.847. The molecular weight excluding hydrogens is 345 g/mol. The highest BCUT2D eigenvalue weighted by molar-refractivity contribution is 5.38. The first-order chi connectivity index (χ1) is 13.2. The van der Waals surface area contributed by atoms with E-state index < -0.39 is 6.10 Å². The molecule has 1 N–H and O–H groups in total. The summed E-state index contributed by atoms with van der Waals surface area (Å²) in [6, 6.07) is 12.8. The Morgan fingerprint density at radius 3 is 2.96 bits per heavy atom. The Kier molecular flexibility index (Phi) is 5.72. The first-order valence-corrected chi connectivity index (χ1v) is 9.69. The zero-order chi connectivity index (χ0) is 18.6. The summed E-state index contributed by atoms with van der Waals surface area (Å²) in [4.78, 5) is 2.15. The molecule has 2 atom stereocenters. The fourth-order valence-electron chi connectivity index (χ4n) is 3.96. The molecule has 2 aromatic carbocycles. The van der Waals surface area contributed by atoms with Gasteiger partial charge in [0.1, 0.15) is 24.3 Å². The maximum atomic E-state index is 13.4. The zero-order valence-corrected chi connectivity index (χ0v) is 15.4. The number of fused-ring (bicyclic) bond motifs is 1. The van der Waals surface area contributed by atoms with Crippen LogP contribution in [0.3, 0.4) is 0 Å². The summed E-state index contributed by atoms with van der Waals surface area (Å²) in [5.41, 5.74) is 3.62. The number of morpholine rings is 1. The van der Waals surface area contributed by atoms with Crippen molar-refractivity contribution in [2.75, 3.05) is 32.8 Å². The van der Waals surface area contributed by atoms with Gasteiger partial charge in [-0.25, -0.2) is 4.39 Å². The fourth-order valence-corrected chi connectivity index (χ4v) is 3.96. The molecule has 4 nitrogen and oxygen atoms in total. The molecule has 1 aliphatic carbocycles. The third-order valence-electron chi connectivity index (χ3n) is 5.35. The molecule has 2 aliphatic rings. The van der Waals surface area contributed by atoms with Gasteiger partial charge < -0.3 is 14.6 Å². The Balaban J connectivity index is 1.28. The highest BCUT2D eigenvalue weighted by atomic mass is 19.1. The summed E-state index contributed by atoms with van der Waals surface area (Å²) < 4.78 is 25.0. The van der Waals surface area contributed by atoms with E-state index in [-0.39, 0.29) is 18.5 Å². The van der Waals surface area contributed by atoms with Crippen LogP contribution in [0, 0.1) is 5.82 Å². The van der Waals surface area contributed by atoms with Gasteiger partial charge in [0.25, 0.3) is 0 Å². The largest absolute Gasteiger partial charge is 0.491 e. The summed E-state index contributed by atoms with van der Waals surface area (Å²) in [7, 11) is 0. The number of halogens is 1. The molecule has 27 heavy (non-hydrogen) atoms. The third-order valence-corrected chi connectivity index (χ3v) is 5.35. The number of rotatable bonds is 6. The van der Waals surface area contributed by atoms with E-state index >= 15 is 0 Å². The lowest BCUT2D eigenvalue weighted by molar-refractivity contribution is -0.0460. The van der Waals surface area contributed by atoms with Gasteiger partial charge in [0.15, 0.2) is 0 Å². The van der Waals surface area contributed by atoms with Crippen molar-refractivity contribution in [3.8, 4) is 5.75 Å². The van der Waals surface area contributed by atoms with Crippen LogP contribution < -0.4 is 4.74 Å². The van der Waals surface area contributed by atoms with E-state index in [0.717, 1.165) is 30.7 Å². The predicted molar refractivity (Wildman–Crippen MR) is 102 cm³/mol. The zero-order valence-electron chi connectivity index (χ0n) is 15.4. The first-order valence-electron chi connectivity index (χ1n) is 9.69. The van der Waals surface area contributed by atoms with E-state index in [1.807, 2.05) is 12.1 Å². The van der Waals surface area contributed by atoms with Gasteiger partial charge in [0, 0.05) is 19.6 Å². The minimum absolute atomic E-state index is 0.167. The maximum absolute atomic E-state index is 13.4. The van der Waals surface area contributed by atoms with Crippen LogP contribution in [0.4, 0.5) is 4.39 Å². The Labute approximate surface area is 159 Å². The molecule has 144 valence electrons. The van der Waals surface area contributed by atoms with Gasteiger partial charge in [-0.05, 0) is 60.2 Å². The Morgan fingerprint density at radius 2 is 2.07 bits per heavy atom. The van der Waals surface area contributed by atoms with E-state index in [9.17, 15) is 9.50 Å². The van der Waals surface area contributed by atoms with Gasteiger partial charge >= 0.3 is 0 Å². The van der Waals surface area contributed by atoms with Crippen molar-refractivity contribution in [1.29, 1.82) is 0 Å². The van der Waals surface area contributed by atoms with Crippen LogP contribution >= 0.6 is 0 Å². The van der Waals surface area contributed by atoms with Crippen molar-refractivity contribution in [3.05, 3.63) is 65.0 Å². The second-order valence-electron chi connectivity index (χ2n) is 7.42. The van der Waals surface area contributed by atoms with Gasteiger partial charge in [0.2, 0.25) is 0 Å². The Morgan fingerprint density at radius 1 is 1.19 bits per heavy atom. The van der Waals surface area contributed by atoms with Crippen LogP contribution in [0.2, 0.25) is 0 Å². The highest BCUT2D eigenvalue weighted by Gasteiger charge is 2.24. The lowest BCUT2D eigenvalue weighted by Crippen LogP contribution is -2.43. The minimum Gasteiger partial charge on any atom is -0.491 e. The number of aryl methyl sites for hydroxylation is 2. The number of benzene rings is 2. The molecule has 5 heteroatoms. The molecular formula is C22H26FNO3. The Bertz CT molecular complexity index is 782. The van der Waals surface area contributed by atoms with E-state index in [0.29, 0.717) is 19.7 Å². The van der Waals surface area contributed by atoms with Crippen LogP contribution in [0.1, 0.15) is 29.2 Å². The molecule has 0 aromatic heterocycles. The summed E-state index contributed by atoms with van der Waals surface area (Å²) in [5.74, 6) is 0.574. The molecule has 2 unspecified atom stereocenters. The number of aliphatic hydroxyl groups excluding tert-OH is 1. The lowest BCUT2D eigenvalue weighted by atomic mass is 10.1. The number of aliphatic hydroxyl groups is 1. The first kappa shape index (κ1) is 18.4. The Hall–Kier alpha value is -1.95. The molecule has 1 heterocycles. The summed E-state index contributed by atoms with van der Waals surface area (Å²) in [6.45, 7) is 2.74. The number of nitrogens with zero attached hydrogens (tertiary/aromatic N) is 1. The number of hydrogen-bond acceptors (Lipinski definition) is 4. The summed E-state index contributed by atoms with van der Waals surface area (Å²) in [6.07, 6.45) is 2.74. The number of hydrogen-bond donors (Lipinski definition) is 1. The van der Waals surface area contributed by atoms with Crippen molar-refractivity contribution in [1.82, 2.24) is 4.90 Å². The van der Waals surface area contributed by atoms with Crippen molar-refractivity contribution in [3.63, 3.8) is 0 Å². The average molecular weight is 371 g/mol. The second kappa shape index (κ2) is 8.38. The van der Waals surface area contributed by atoms with Gasteiger partial charge in [0.05, 0.1) is 12.7 Å². The normalized spacial score (nSPS) is 21.0. The second-order valence-corrected chi connectivity index (χ2v) is 7.42. The number of β-amino-alcohol motifs (C(OH)–C–C–N with tert-alkyl or cyclic N) is 1. The van der Waals surface area contributed by atoms with E-state index in [1.54, 1.807) is 6.07 Å². The molecule has 2 aromatic rings. The molecule has 0 saturated carbocycles. The fraction of sp³-hybridized carbons (Fsp3) is 0.455. The van der Waals surface area contributed by atoms with Crippen LogP contribution in [-0.2, 0) is 17.6 Å². The van der Waals surface area contributed by atoms with Crippen LogP contribution in [0.25, 0.3) is 0 Å². The predicted octanol–water partition coefficient (Wildman–Crippen LogP) is 3.13. The van der Waals surface area contributed by atoms with Gasteiger partial charge in [-0.1, -0.05) is 18.2 Å². The minimum atomic E-state index is -0.579. The third kappa shape index (κ3) is 4.67. The SMILES string of the molecule is OC(COc1ccc2c(c1)CCC2)CN1CCOC(c2cccc(F)c2)C1. The maximum Gasteiger partial charge on any atom is 0.123 e. The van der Waals surface area contributed by atoms with E-state index in [4.69, 9.17) is 9.47 Å². The van der Waals surface area contributed by atoms with Crippen LogP contribution in [0.15, 0.2) is 42.5 Å². The molecule has 0 spiro atoms. The van der Waals surface area contributed by atoms with E-state index in [1.165, 1.54) is 29.7 Å². The average Bonchev–Trinajstić information content (AvgIpc) is 3.14. The molecule has 4 rings (SSSR count). The molecule has 0 radical (unpaired) electrons. The molecule has 0 bridgehead atoms. The lowest BCUT2D eigenvalue weighted by Gasteiger charge is -2.34. The van der Waals surface area contributed by atoms with Gasteiger partial charge in [-0.15, -0.1) is 0 Å². The standard InChI is InChI=1S/C22H26FNO3/c23-19-6-2-5-18(11-19)22-14-24(9-10-26-22)13-20(25)15-27-21-8-7-16-3-1-4-17(16)12-21/h2,5-8,11-12,20,22,25H,1,3-4,9-10,13-15H2. The van der Waals surface area contributed by atoms with Crippen molar-refractivity contribution in [2.45, 2.75) is 31.5 Å². The smallest absolute Gasteiger partial charge is 0.123 e. The van der Waals surface area contributed by atoms with Gasteiger partial charge in [-0.3, -0.25) is 4.90 Å². The van der Waals surface area contributed by atoms with Crippen molar-refractivity contribution in [2.24, 2.45) is 0 Å².